The maximum absolute atomic E-state index is 13.3. The van der Waals surface area contributed by atoms with Crippen LogP contribution in [0.25, 0.3) is 0 Å². The molecule has 0 amide bonds. The van der Waals surface area contributed by atoms with Crippen molar-refractivity contribution < 1.29 is 14.6 Å². The summed E-state index contributed by atoms with van der Waals surface area (Å²) in [4.78, 5) is 13.3. The molecule has 0 fully saturated rings. The first-order valence-electron chi connectivity index (χ1n) is 11.8. The number of carbonyl (C=O) groups is 1. The van der Waals surface area contributed by atoms with E-state index in [1.54, 1.807) is 0 Å². The first-order valence-corrected chi connectivity index (χ1v) is 11.8. The summed E-state index contributed by atoms with van der Waals surface area (Å²) in [5.41, 5.74) is 4.36. The van der Waals surface area contributed by atoms with Crippen molar-refractivity contribution >= 4 is 5.97 Å². The third-order valence-corrected chi connectivity index (χ3v) is 6.83. The zero-order valence-electron chi connectivity index (χ0n) is 19.7. The van der Waals surface area contributed by atoms with E-state index in [-0.39, 0.29) is 18.5 Å². The Morgan fingerprint density at radius 3 is 2.76 bits per heavy atom. The van der Waals surface area contributed by atoms with E-state index in [2.05, 4.69) is 28.5 Å². The monoisotopic (exact) mass is 447 g/mol. The minimum Gasteiger partial charge on any atom is -0.460 e. The molecular formula is C27H33N3O3. The number of esters is 1. The Bertz CT molecular complexity index is 1090. The SMILES string of the molecule is CCn1cc(CCC(c2ccc3c(c2)C(O)CC3)C(C)(C)C(=O)OCc2ccccc2)nn1. The van der Waals surface area contributed by atoms with Crippen LogP contribution in [-0.4, -0.2) is 26.1 Å². The zero-order chi connectivity index (χ0) is 23.4. The van der Waals surface area contributed by atoms with E-state index in [1.807, 2.05) is 62.0 Å². The van der Waals surface area contributed by atoms with Gasteiger partial charge < -0.3 is 9.84 Å². The van der Waals surface area contributed by atoms with Gasteiger partial charge in [-0.2, -0.15) is 0 Å². The molecule has 1 aliphatic rings. The Labute approximate surface area is 195 Å². The van der Waals surface area contributed by atoms with Gasteiger partial charge in [0, 0.05) is 12.7 Å². The highest BCUT2D eigenvalue weighted by Crippen LogP contribution is 2.42. The molecule has 2 atom stereocenters. The van der Waals surface area contributed by atoms with Gasteiger partial charge in [0.25, 0.3) is 0 Å². The molecule has 1 aliphatic carbocycles. The average molecular weight is 448 g/mol. The largest absolute Gasteiger partial charge is 0.460 e. The average Bonchev–Trinajstić information content (AvgIpc) is 3.44. The lowest BCUT2D eigenvalue weighted by atomic mass is 9.72. The molecule has 1 heterocycles. The molecule has 0 saturated heterocycles. The number of hydrogen-bond donors (Lipinski definition) is 1. The van der Waals surface area contributed by atoms with Crippen molar-refractivity contribution in [2.24, 2.45) is 5.41 Å². The van der Waals surface area contributed by atoms with Crippen molar-refractivity contribution in [3.63, 3.8) is 0 Å². The molecule has 2 unspecified atom stereocenters. The number of nitrogens with zero attached hydrogens (tertiary/aromatic N) is 3. The molecule has 3 aromatic rings. The van der Waals surface area contributed by atoms with Crippen LogP contribution in [0.5, 0.6) is 0 Å². The van der Waals surface area contributed by atoms with Crippen molar-refractivity contribution in [3.8, 4) is 0 Å². The van der Waals surface area contributed by atoms with Gasteiger partial charge in [0.1, 0.15) is 6.61 Å². The van der Waals surface area contributed by atoms with Crippen molar-refractivity contribution in [2.45, 2.75) is 71.6 Å². The Balaban J connectivity index is 1.57. The van der Waals surface area contributed by atoms with Crippen molar-refractivity contribution in [1.82, 2.24) is 15.0 Å². The Morgan fingerprint density at radius 2 is 2.03 bits per heavy atom. The molecule has 6 nitrogen and oxygen atoms in total. The molecule has 2 aromatic carbocycles. The smallest absolute Gasteiger partial charge is 0.312 e. The first kappa shape index (κ1) is 23.2. The third kappa shape index (κ3) is 5.17. The molecular weight excluding hydrogens is 414 g/mol. The number of benzene rings is 2. The van der Waals surface area contributed by atoms with Crippen LogP contribution in [0.15, 0.2) is 54.7 Å². The van der Waals surface area contributed by atoms with E-state index in [1.165, 1.54) is 5.56 Å². The first-order chi connectivity index (χ1) is 15.9. The van der Waals surface area contributed by atoms with E-state index < -0.39 is 11.5 Å². The summed E-state index contributed by atoms with van der Waals surface area (Å²) >= 11 is 0. The number of hydrogen-bond acceptors (Lipinski definition) is 5. The number of aromatic nitrogens is 3. The zero-order valence-corrected chi connectivity index (χ0v) is 19.7. The van der Waals surface area contributed by atoms with Crippen LogP contribution in [0.3, 0.4) is 0 Å². The molecule has 0 saturated carbocycles. The fourth-order valence-corrected chi connectivity index (χ4v) is 4.71. The number of carbonyl (C=O) groups excluding carboxylic acids is 1. The molecule has 0 bridgehead atoms. The van der Waals surface area contributed by atoms with Crippen LogP contribution in [0, 0.1) is 5.41 Å². The van der Waals surface area contributed by atoms with Crippen LogP contribution in [0.1, 0.15) is 73.6 Å². The lowest BCUT2D eigenvalue weighted by Crippen LogP contribution is -2.34. The van der Waals surface area contributed by atoms with Crippen LogP contribution < -0.4 is 0 Å². The predicted octanol–water partition coefficient (Wildman–Crippen LogP) is 4.76. The van der Waals surface area contributed by atoms with Gasteiger partial charge in [-0.15, -0.1) is 5.10 Å². The quantitative estimate of drug-likeness (QED) is 0.479. The molecule has 33 heavy (non-hydrogen) atoms. The lowest BCUT2D eigenvalue weighted by Gasteiger charge is -2.33. The Hall–Kier alpha value is -2.99. The summed E-state index contributed by atoms with van der Waals surface area (Å²) in [5.74, 6) is -0.319. The maximum Gasteiger partial charge on any atom is 0.312 e. The van der Waals surface area contributed by atoms with Gasteiger partial charge in [-0.05, 0) is 74.6 Å². The number of aliphatic hydroxyl groups excluding tert-OH is 1. The van der Waals surface area contributed by atoms with E-state index in [4.69, 9.17) is 4.74 Å². The van der Waals surface area contributed by atoms with Gasteiger partial charge >= 0.3 is 5.97 Å². The molecule has 1 N–H and O–H groups in total. The topological polar surface area (TPSA) is 77.2 Å². The highest BCUT2D eigenvalue weighted by atomic mass is 16.5. The number of fused-ring (bicyclic) bond motifs is 1. The summed E-state index contributed by atoms with van der Waals surface area (Å²) in [6.45, 7) is 6.97. The fourth-order valence-electron chi connectivity index (χ4n) is 4.71. The van der Waals surface area contributed by atoms with Gasteiger partial charge in [-0.1, -0.05) is 53.7 Å². The highest BCUT2D eigenvalue weighted by molar-refractivity contribution is 5.77. The molecule has 0 radical (unpaired) electrons. The Morgan fingerprint density at radius 1 is 1.24 bits per heavy atom. The molecule has 0 aliphatic heterocycles. The normalized spacial score (nSPS) is 16.4. The molecule has 6 heteroatoms. The summed E-state index contributed by atoms with van der Waals surface area (Å²) in [6.07, 6.45) is 4.61. The molecule has 0 spiro atoms. The summed E-state index contributed by atoms with van der Waals surface area (Å²) in [6, 6.07) is 16.0. The van der Waals surface area contributed by atoms with Gasteiger partial charge in [-0.3, -0.25) is 9.48 Å². The van der Waals surface area contributed by atoms with Gasteiger partial charge in [0.15, 0.2) is 0 Å². The number of aliphatic hydroxyl groups is 1. The second-order valence-corrected chi connectivity index (χ2v) is 9.45. The molecule has 174 valence electrons. The van der Waals surface area contributed by atoms with E-state index >= 15 is 0 Å². The standard InChI is InChI=1S/C27H33N3O3/c1-4-30-17-22(28-29-30)13-14-24(21-11-10-20-12-15-25(31)23(20)16-21)27(2,3)26(32)33-18-19-8-6-5-7-9-19/h5-11,16-17,24-25,31H,4,12-15,18H2,1-3H3. The molecule has 4 rings (SSSR count). The van der Waals surface area contributed by atoms with Gasteiger partial charge in [0.2, 0.25) is 0 Å². The predicted molar refractivity (Wildman–Crippen MR) is 126 cm³/mol. The van der Waals surface area contributed by atoms with Crippen molar-refractivity contribution in [2.75, 3.05) is 0 Å². The van der Waals surface area contributed by atoms with Gasteiger partial charge in [-0.25, -0.2) is 0 Å². The number of ether oxygens (including phenoxy) is 1. The highest BCUT2D eigenvalue weighted by Gasteiger charge is 2.39. The van der Waals surface area contributed by atoms with E-state index in [0.29, 0.717) is 6.42 Å². The van der Waals surface area contributed by atoms with Crippen LogP contribution in [-0.2, 0) is 35.5 Å². The summed E-state index contributed by atoms with van der Waals surface area (Å²) in [7, 11) is 0. The minimum atomic E-state index is -0.757. The molecule has 1 aromatic heterocycles. The van der Waals surface area contributed by atoms with Crippen LogP contribution >= 0.6 is 0 Å². The minimum absolute atomic E-state index is 0.0920. The van der Waals surface area contributed by atoms with Crippen LogP contribution in [0.2, 0.25) is 0 Å². The van der Waals surface area contributed by atoms with E-state index in [9.17, 15) is 9.90 Å². The van der Waals surface area contributed by atoms with Crippen LogP contribution in [0.4, 0.5) is 0 Å². The number of rotatable bonds is 9. The lowest BCUT2D eigenvalue weighted by molar-refractivity contribution is -0.156. The second kappa shape index (κ2) is 9.87. The van der Waals surface area contributed by atoms with Gasteiger partial charge in [0.05, 0.1) is 17.2 Å². The number of aryl methyl sites for hydroxylation is 3. The third-order valence-electron chi connectivity index (χ3n) is 6.83. The maximum atomic E-state index is 13.3. The van der Waals surface area contributed by atoms with E-state index in [0.717, 1.165) is 48.2 Å². The fraction of sp³-hybridized carbons (Fsp3) is 0.444. The Kier molecular flexibility index (Phi) is 6.94. The second-order valence-electron chi connectivity index (χ2n) is 9.45. The summed E-state index contributed by atoms with van der Waals surface area (Å²) < 4.78 is 7.58. The van der Waals surface area contributed by atoms with Crippen molar-refractivity contribution in [3.05, 3.63) is 82.7 Å². The van der Waals surface area contributed by atoms with Crippen molar-refractivity contribution in [1.29, 1.82) is 0 Å². The summed E-state index contributed by atoms with van der Waals surface area (Å²) in [5, 5.41) is 18.9.